The van der Waals surface area contributed by atoms with Crippen molar-refractivity contribution >= 4 is 34.9 Å². The van der Waals surface area contributed by atoms with Gasteiger partial charge in [-0.15, -0.1) is 11.3 Å². The average Bonchev–Trinajstić information content (AvgIpc) is 3.06. The summed E-state index contributed by atoms with van der Waals surface area (Å²) in [6.45, 7) is 4.28. The second-order valence-electron chi connectivity index (χ2n) is 6.04. The molecule has 154 valence electrons. The van der Waals surface area contributed by atoms with Crippen LogP contribution in [0.2, 0.25) is 4.34 Å². The van der Waals surface area contributed by atoms with Crippen LogP contribution in [0.25, 0.3) is 0 Å². The molecule has 0 atom stereocenters. The van der Waals surface area contributed by atoms with Crippen LogP contribution >= 0.6 is 22.9 Å². The van der Waals surface area contributed by atoms with E-state index < -0.39 is 17.9 Å². The van der Waals surface area contributed by atoms with Crippen LogP contribution in [0.1, 0.15) is 25.3 Å². The van der Waals surface area contributed by atoms with Gasteiger partial charge in [0.2, 0.25) is 0 Å². The van der Waals surface area contributed by atoms with Crippen molar-refractivity contribution in [2.75, 3.05) is 40.6 Å². The third-order valence-corrected chi connectivity index (χ3v) is 5.40. The number of halogens is 1. The molecule has 9 heteroatoms. The number of methoxy groups -OCH3 is 2. The van der Waals surface area contributed by atoms with Crippen molar-refractivity contribution < 1.29 is 28.5 Å². The molecule has 0 radical (unpaired) electrons. The molecule has 0 aromatic carbocycles. The zero-order valence-corrected chi connectivity index (χ0v) is 17.9. The van der Waals surface area contributed by atoms with E-state index in [-0.39, 0.29) is 26.4 Å². The van der Waals surface area contributed by atoms with Gasteiger partial charge in [-0.25, -0.2) is 9.59 Å². The van der Waals surface area contributed by atoms with Crippen LogP contribution in [0, 0.1) is 0 Å². The summed E-state index contributed by atoms with van der Waals surface area (Å²) in [7, 11) is 3.04. The minimum Gasteiger partial charge on any atom is -0.460 e. The van der Waals surface area contributed by atoms with Gasteiger partial charge in [-0.05, 0) is 30.9 Å². The Hall–Kier alpha value is -1.87. The van der Waals surface area contributed by atoms with Gasteiger partial charge in [-0.1, -0.05) is 11.6 Å². The summed E-state index contributed by atoms with van der Waals surface area (Å²) in [6, 6.07) is 1.80. The first-order valence-corrected chi connectivity index (χ1v) is 9.91. The topological polar surface area (TPSA) is 83.1 Å². The van der Waals surface area contributed by atoms with Gasteiger partial charge in [0, 0.05) is 25.6 Å². The van der Waals surface area contributed by atoms with Gasteiger partial charge in [0.1, 0.15) is 13.2 Å². The number of hydrogen-bond acceptors (Lipinski definition) is 8. The largest absolute Gasteiger partial charge is 0.460 e. The molecule has 0 spiro atoms. The Labute approximate surface area is 173 Å². The highest BCUT2D eigenvalue weighted by atomic mass is 35.5. The molecule has 0 aliphatic carbocycles. The first kappa shape index (κ1) is 22.4. The summed E-state index contributed by atoms with van der Waals surface area (Å²) in [5.74, 6) is -1.77. The lowest BCUT2D eigenvalue weighted by Gasteiger charge is -2.30. The number of thiophene rings is 1. The molecular formula is C19H24ClNO6S. The van der Waals surface area contributed by atoms with Gasteiger partial charge in [0.25, 0.3) is 0 Å². The van der Waals surface area contributed by atoms with E-state index in [0.29, 0.717) is 32.4 Å². The Bertz CT molecular complexity index is 741. The number of carbonyl (C=O) groups is 2. The fraction of sp³-hybridized carbons (Fsp3) is 0.474. The van der Waals surface area contributed by atoms with Crippen molar-refractivity contribution in [3.63, 3.8) is 0 Å². The number of carbonyl (C=O) groups excluding carboxylic acids is 2. The van der Waals surface area contributed by atoms with Gasteiger partial charge in [0.15, 0.2) is 0 Å². The molecule has 1 aliphatic rings. The van der Waals surface area contributed by atoms with Crippen molar-refractivity contribution in [3.05, 3.63) is 43.9 Å². The molecule has 0 amide bonds. The van der Waals surface area contributed by atoms with Gasteiger partial charge < -0.3 is 24.3 Å². The predicted octanol–water partition coefficient (Wildman–Crippen LogP) is 3.02. The molecule has 1 aromatic heterocycles. The Morgan fingerprint density at radius 1 is 1.00 bits per heavy atom. The third kappa shape index (κ3) is 5.14. The van der Waals surface area contributed by atoms with E-state index in [0.717, 1.165) is 0 Å². The molecular weight excluding hydrogens is 406 g/mol. The summed E-state index contributed by atoms with van der Waals surface area (Å²) in [6.07, 6.45) is 0. The molecule has 1 aromatic rings. The smallest absolute Gasteiger partial charge is 0.336 e. The molecule has 0 saturated heterocycles. The standard InChI is InChI=1S/C19H24ClNO6S/c1-11-14(18(22)26-8-6-24-3)16(13-5-10-28-17(13)20)15(12(2)21-11)19(23)27-9-7-25-4/h5,10,16,21H,6-9H2,1-4H3. The fourth-order valence-electron chi connectivity index (χ4n) is 2.95. The molecule has 1 N–H and O–H groups in total. The van der Waals surface area contributed by atoms with Crippen molar-refractivity contribution in [2.45, 2.75) is 19.8 Å². The minimum absolute atomic E-state index is 0.104. The maximum absolute atomic E-state index is 12.8. The van der Waals surface area contributed by atoms with E-state index in [1.165, 1.54) is 25.6 Å². The molecule has 1 aliphatic heterocycles. The van der Waals surface area contributed by atoms with Gasteiger partial charge in [0.05, 0.1) is 34.6 Å². The normalized spacial score (nSPS) is 14.9. The maximum atomic E-state index is 12.8. The molecule has 2 rings (SSSR count). The van der Waals surface area contributed by atoms with Gasteiger partial charge in [-0.3, -0.25) is 0 Å². The van der Waals surface area contributed by atoms with Crippen molar-refractivity contribution in [2.24, 2.45) is 0 Å². The van der Waals surface area contributed by atoms with Crippen molar-refractivity contribution in [1.82, 2.24) is 5.32 Å². The van der Waals surface area contributed by atoms with Crippen molar-refractivity contribution in [3.8, 4) is 0 Å². The number of allylic oxidation sites excluding steroid dienone is 2. The zero-order chi connectivity index (χ0) is 20.7. The van der Waals surface area contributed by atoms with E-state index in [1.807, 2.05) is 5.38 Å². The minimum atomic E-state index is -0.690. The summed E-state index contributed by atoms with van der Waals surface area (Å²) < 4.78 is 21.0. The van der Waals surface area contributed by atoms with Gasteiger partial charge in [-0.2, -0.15) is 0 Å². The van der Waals surface area contributed by atoms with Crippen LogP contribution in [0.5, 0.6) is 0 Å². The Balaban J connectivity index is 2.43. The molecule has 0 saturated carbocycles. The Kier molecular flexibility index (Phi) is 8.50. The Morgan fingerprint density at radius 3 is 1.89 bits per heavy atom. The summed E-state index contributed by atoms with van der Waals surface area (Å²) in [5.41, 5.74) is 2.49. The molecule has 0 bridgehead atoms. The van der Waals surface area contributed by atoms with Crippen LogP contribution in [-0.2, 0) is 28.5 Å². The number of nitrogens with one attached hydrogen (secondary N) is 1. The second-order valence-corrected chi connectivity index (χ2v) is 7.56. The molecule has 0 fully saturated rings. The maximum Gasteiger partial charge on any atom is 0.336 e. The second kappa shape index (κ2) is 10.6. The predicted molar refractivity (Wildman–Crippen MR) is 106 cm³/mol. The summed E-state index contributed by atoms with van der Waals surface area (Å²) >= 11 is 7.70. The highest BCUT2D eigenvalue weighted by molar-refractivity contribution is 7.14. The number of hydrogen-bond donors (Lipinski definition) is 1. The van der Waals surface area contributed by atoms with E-state index in [9.17, 15) is 9.59 Å². The van der Waals surface area contributed by atoms with Crippen LogP contribution in [0.3, 0.4) is 0 Å². The monoisotopic (exact) mass is 429 g/mol. The Morgan fingerprint density at radius 2 is 1.50 bits per heavy atom. The lowest BCUT2D eigenvalue weighted by atomic mass is 9.81. The number of dihydropyridines is 1. The SMILES string of the molecule is COCCOC(=O)C1=C(C)NC(C)=C(C(=O)OCCOC)C1c1ccsc1Cl. The third-order valence-electron chi connectivity index (χ3n) is 4.20. The number of rotatable bonds is 9. The average molecular weight is 430 g/mol. The van der Waals surface area contributed by atoms with E-state index >= 15 is 0 Å². The van der Waals surface area contributed by atoms with Crippen LogP contribution in [0.4, 0.5) is 0 Å². The van der Waals surface area contributed by atoms with Crippen LogP contribution in [-0.4, -0.2) is 52.6 Å². The van der Waals surface area contributed by atoms with Crippen molar-refractivity contribution in [1.29, 1.82) is 0 Å². The lowest BCUT2D eigenvalue weighted by molar-refractivity contribution is -0.141. The summed E-state index contributed by atoms with van der Waals surface area (Å²) in [5, 5.41) is 4.90. The van der Waals surface area contributed by atoms with E-state index in [1.54, 1.807) is 19.9 Å². The molecule has 7 nitrogen and oxygen atoms in total. The first-order chi connectivity index (χ1) is 13.4. The van der Waals surface area contributed by atoms with Crippen LogP contribution in [0.15, 0.2) is 34.0 Å². The van der Waals surface area contributed by atoms with Gasteiger partial charge >= 0.3 is 11.9 Å². The summed E-state index contributed by atoms with van der Waals surface area (Å²) in [4.78, 5) is 25.7. The van der Waals surface area contributed by atoms with E-state index in [4.69, 9.17) is 30.5 Å². The quantitative estimate of drug-likeness (QED) is 0.477. The lowest BCUT2D eigenvalue weighted by Crippen LogP contribution is -2.33. The van der Waals surface area contributed by atoms with E-state index in [2.05, 4.69) is 5.32 Å². The highest BCUT2D eigenvalue weighted by Gasteiger charge is 2.39. The first-order valence-electron chi connectivity index (χ1n) is 8.65. The zero-order valence-electron chi connectivity index (χ0n) is 16.3. The molecule has 28 heavy (non-hydrogen) atoms. The van der Waals surface area contributed by atoms with Crippen LogP contribution < -0.4 is 5.32 Å². The fourth-order valence-corrected chi connectivity index (χ4v) is 3.93. The number of ether oxygens (including phenoxy) is 4. The molecule has 2 heterocycles. The molecule has 0 unspecified atom stereocenters. The number of esters is 2. The highest BCUT2D eigenvalue weighted by Crippen LogP contribution is 2.43.